The van der Waals surface area contributed by atoms with Crippen LogP contribution in [0.3, 0.4) is 0 Å². The fourth-order valence-corrected chi connectivity index (χ4v) is 5.69. The average Bonchev–Trinajstić information content (AvgIpc) is 3.67. The molecule has 13 heteroatoms. The molecule has 6 rings (SSSR count). The van der Waals surface area contributed by atoms with Crippen LogP contribution < -0.4 is 14.2 Å². The third kappa shape index (κ3) is 6.87. The first-order valence-electron chi connectivity index (χ1n) is 14.1. The Morgan fingerprint density at radius 1 is 0.913 bits per heavy atom. The van der Waals surface area contributed by atoms with E-state index in [0.717, 1.165) is 34.1 Å². The highest BCUT2D eigenvalue weighted by Gasteiger charge is 2.26. The van der Waals surface area contributed by atoms with Crippen LogP contribution in [0.15, 0.2) is 84.9 Å². The van der Waals surface area contributed by atoms with Crippen LogP contribution in [0.4, 0.5) is 10.5 Å². The third-order valence-electron chi connectivity index (χ3n) is 7.05. The molecule has 0 spiro atoms. The van der Waals surface area contributed by atoms with E-state index in [1.807, 2.05) is 66.7 Å². The number of hydrogen-bond donors (Lipinski definition) is 0. The van der Waals surface area contributed by atoms with Crippen molar-refractivity contribution in [2.75, 3.05) is 20.8 Å². The van der Waals surface area contributed by atoms with Gasteiger partial charge in [0.05, 0.1) is 61.0 Å². The van der Waals surface area contributed by atoms with Crippen molar-refractivity contribution in [3.63, 3.8) is 0 Å². The number of rotatable bonds is 9. The van der Waals surface area contributed by atoms with Gasteiger partial charge in [-0.3, -0.25) is 10.1 Å². The van der Waals surface area contributed by atoms with Crippen molar-refractivity contribution in [1.29, 1.82) is 0 Å². The van der Waals surface area contributed by atoms with Crippen molar-refractivity contribution < 1.29 is 28.7 Å². The summed E-state index contributed by atoms with van der Waals surface area (Å²) in [5, 5.41) is 12.2. The molecule has 0 aliphatic carbocycles. The Balaban J connectivity index is 0.000000356. The third-order valence-corrected chi connectivity index (χ3v) is 7.90. The minimum absolute atomic E-state index is 0.0859. The molecule has 0 atom stereocenters. The van der Waals surface area contributed by atoms with Gasteiger partial charge < -0.3 is 23.5 Å². The predicted molar refractivity (Wildman–Crippen MR) is 177 cm³/mol. The molecule has 0 saturated carbocycles. The van der Waals surface area contributed by atoms with Crippen LogP contribution in [0, 0.1) is 10.1 Å². The van der Waals surface area contributed by atoms with Crippen molar-refractivity contribution in [2.24, 2.45) is 0 Å². The lowest BCUT2D eigenvalue weighted by atomic mass is 10.0. The second-order valence-corrected chi connectivity index (χ2v) is 10.5. The molecular weight excluding hydrogens is 632 g/mol. The van der Waals surface area contributed by atoms with Gasteiger partial charge in [-0.2, -0.15) is 8.75 Å². The van der Waals surface area contributed by atoms with E-state index in [4.69, 9.17) is 30.5 Å². The zero-order chi connectivity index (χ0) is 32.6. The number of fused-ring (bicyclic) bond motifs is 2. The molecule has 236 valence electrons. The fourth-order valence-electron chi connectivity index (χ4n) is 4.96. The van der Waals surface area contributed by atoms with Gasteiger partial charge in [-0.1, -0.05) is 42.5 Å². The number of carbonyl (C=O) groups excluding carboxylic acids is 1. The molecule has 0 aliphatic heterocycles. The molecule has 0 fully saturated rings. The van der Waals surface area contributed by atoms with E-state index in [1.54, 1.807) is 31.8 Å². The Hall–Kier alpha value is -5.20. The number of alkyl halides is 1. The summed E-state index contributed by atoms with van der Waals surface area (Å²) >= 11 is 6.72. The average molecular weight is 661 g/mol. The number of carbonyl (C=O) groups is 1. The van der Waals surface area contributed by atoms with E-state index in [9.17, 15) is 14.9 Å². The summed E-state index contributed by atoms with van der Waals surface area (Å²) in [4.78, 5) is 23.7. The second kappa shape index (κ2) is 14.7. The molecule has 0 saturated heterocycles. The van der Waals surface area contributed by atoms with Crippen molar-refractivity contribution in [3.05, 3.63) is 106 Å². The molecule has 2 heterocycles. The maximum atomic E-state index is 12.5. The molecule has 46 heavy (non-hydrogen) atoms. The quantitative estimate of drug-likeness (QED) is 0.0651. The zero-order valence-corrected chi connectivity index (χ0v) is 26.7. The van der Waals surface area contributed by atoms with Crippen LogP contribution in [0.5, 0.6) is 17.4 Å². The predicted octanol–water partition coefficient (Wildman–Crippen LogP) is 8.25. The van der Waals surface area contributed by atoms with Gasteiger partial charge in [0, 0.05) is 28.6 Å². The number of benzene rings is 4. The Labute approximate surface area is 273 Å². The lowest BCUT2D eigenvalue weighted by Gasteiger charge is -2.14. The van der Waals surface area contributed by atoms with Gasteiger partial charge in [-0.25, -0.2) is 4.79 Å². The fraction of sp³-hybridized carbons (Fsp3) is 0.182. The largest absolute Gasteiger partial charge is 0.515 e. The summed E-state index contributed by atoms with van der Waals surface area (Å²) < 4.78 is 31.7. The monoisotopic (exact) mass is 660 g/mol. The van der Waals surface area contributed by atoms with Crippen molar-refractivity contribution in [3.8, 4) is 28.5 Å². The number of halogens is 1. The molecule has 11 nitrogen and oxygen atoms in total. The SMILES string of the molecule is CCOC(=O)Oc1c(-c2ccc3nsnc3c2)c2cc([N+](=O)[O-])ccc2n1Cc1ccccc1OC.COc1ccccc1CCl. The first-order valence-corrected chi connectivity index (χ1v) is 15.3. The molecule has 0 amide bonds. The van der Waals surface area contributed by atoms with Gasteiger partial charge in [0.2, 0.25) is 5.88 Å². The number of non-ortho nitro benzene ring substituents is 1. The first kappa shape index (κ1) is 32.2. The van der Waals surface area contributed by atoms with Crippen molar-refractivity contribution in [1.82, 2.24) is 13.3 Å². The van der Waals surface area contributed by atoms with Gasteiger partial charge >= 0.3 is 6.16 Å². The van der Waals surface area contributed by atoms with E-state index in [2.05, 4.69) is 8.75 Å². The number of ether oxygens (including phenoxy) is 4. The molecule has 0 bridgehead atoms. The zero-order valence-electron chi connectivity index (χ0n) is 25.1. The van der Waals surface area contributed by atoms with Crippen LogP contribution in [-0.2, 0) is 17.2 Å². The van der Waals surface area contributed by atoms with Gasteiger partial charge in [0.25, 0.3) is 5.69 Å². The molecule has 0 N–H and O–H groups in total. The summed E-state index contributed by atoms with van der Waals surface area (Å²) in [6.45, 7) is 2.08. The molecule has 0 aliphatic rings. The summed E-state index contributed by atoms with van der Waals surface area (Å²) in [6.07, 6.45) is -0.881. The highest BCUT2D eigenvalue weighted by molar-refractivity contribution is 7.00. The minimum atomic E-state index is -0.881. The smallest absolute Gasteiger partial charge is 0.496 e. The topological polar surface area (TPSA) is 128 Å². The Morgan fingerprint density at radius 2 is 1.59 bits per heavy atom. The lowest BCUT2D eigenvalue weighted by Crippen LogP contribution is -2.14. The van der Waals surface area contributed by atoms with E-state index in [-0.39, 0.29) is 24.7 Å². The number of nitro benzene ring substituents is 1. The maximum Gasteiger partial charge on any atom is 0.515 e. The summed E-state index contributed by atoms with van der Waals surface area (Å²) in [7, 11) is 3.22. The number of nitro groups is 1. The summed E-state index contributed by atoms with van der Waals surface area (Å²) in [6, 6.07) is 25.2. The molecule has 6 aromatic rings. The number of para-hydroxylation sites is 2. The Bertz CT molecular complexity index is 1990. The van der Waals surface area contributed by atoms with Crippen LogP contribution in [0.1, 0.15) is 18.1 Å². The van der Waals surface area contributed by atoms with Gasteiger partial charge in [-0.05, 0) is 42.8 Å². The Kier molecular flexibility index (Phi) is 10.3. The number of aromatic nitrogens is 3. The second-order valence-electron chi connectivity index (χ2n) is 9.73. The molecular formula is C33H29ClN4O7S. The molecule has 0 radical (unpaired) electrons. The van der Waals surface area contributed by atoms with E-state index in [0.29, 0.717) is 39.2 Å². The van der Waals surface area contributed by atoms with Crippen LogP contribution in [0.2, 0.25) is 0 Å². The molecule has 2 aromatic heterocycles. The molecule has 0 unspecified atom stereocenters. The number of methoxy groups -OCH3 is 2. The maximum absolute atomic E-state index is 12.5. The number of nitrogens with zero attached hydrogens (tertiary/aromatic N) is 4. The van der Waals surface area contributed by atoms with E-state index < -0.39 is 11.1 Å². The van der Waals surface area contributed by atoms with Crippen LogP contribution in [-0.4, -0.2) is 45.2 Å². The minimum Gasteiger partial charge on any atom is -0.496 e. The number of hydrogen-bond acceptors (Lipinski definition) is 10. The van der Waals surface area contributed by atoms with Gasteiger partial charge in [0.1, 0.15) is 22.5 Å². The van der Waals surface area contributed by atoms with Crippen molar-refractivity contribution >= 4 is 57.1 Å². The van der Waals surface area contributed by atoms with E-state index >= 15 is 0 Å². The highest BCUT2D eigenvalue weighted by Crippen LogP contribution is 2.43. The summed E-state index contributed by atoms with van der Waals surface area (Å²) in [5.41, 5.74) is 4.97. The van der Waals surface area contributed by atoms with Crippen LogP contribution in [0.25, 0.3) is 33.1 Å². The van der Waals surface area contributed by atoms with Crippen LogP contribution >= 0.6 is 23.3 Å². The summed E-state index contributed by atoms with van der Waals surface area (Å²) in [5.74, 6) is 2.21. The van der Waals surface area contributed by atoms with Gasteiger partial charge in [-0.15, -0.1) is 11.6 Å². The highest BCUT2D eigenvalue weighted by atomic mass is 35.5. The standard InChI is InChI=1S/C25H20N4O6S.C8H9ClO/c1-3-34-25(30)35-24-23(15-8-10-19-20(12-15)27-36-26-19)18-13-17(29(31)32)9-11-21(18)28(24)14-16-6-4-5-7-22(16)33-2;1-10-8-5-3-2-4-7(8)6-9/h4-13H,3,14H2,1-2H3;2-5H,6H2,1H3. The molecule has 4 aromatic carbocycles. The van der Waals surface area contributed by atoms with E-state index in [1.165, 1.54) is 12.1 Å². The normalized spacial score (nSPS) is 10.7. The Morgan fingerprint density at radius 3 is 2.24 bits per heavy atom. The first-order chi connectivity index (χ1) is 22.4. The lowest BCUT2D eigenvalue weighted by molar-refractivity contribution is -0.384. The van der Waals surface area contributed by atoms with Gasteiger partial charge in [0.15, 0.2) is 0 Å². The van der Waals surface area contributed by atoms with Crippen molar-refractivity contribution in [2.45, 2.75) is 19.3 Å².